The normalized spacial score (nSPS) is 12.0. The molecule has 1 N–H and O–H groups in total. The van der Waals surface area contributed by atoms with E-state index >= 15 is 0 Å². The van der Waals surface area contributed by atoms with Crippen molar-refractivity contribution in [1.82, 2.24) is 18.7 Å². The van der Waals surface area contributed by atoms with E-state index in [9.17, 15) is 14.7 Å². The van der Waals surface area contributed by atoms with Gasteiger partial charge in [0, 0.05) is 14.1 Å². The third kappa shape index (κ3) is 2.56. The molecule has 7 heteroatoms. The highest BCUT2D eigenvalue weighted by molar-refractivity contribution is 5.69. The van der Waals surface area contributed by atoms with Crippen molar-refractivity contribution in [2.75, 3.05) is 0 Å². The first-order valence-corrected chi connectivity index (χ1v) is 7.63. The summed E-state index contributed by atoms with van der Waals surface area (Å²) < 4.78 is 4.17. The van der Waals surface area contributed by atoms with Crippen LogP contribution in [0, 0.1) is 0 Å². The standard InChI is InChI=1S/C17H20N4O3/c1-17(2,24)12-7-5-6-11(8-12)9-21-15(22)13-14(18-10-19(13)3)20(4)16(21)23/h5-8,10,24H,9H2,1-4H3. The first-order chi connectivity index (χ1) is 11.2. The number of imidazole rings is 1. The number of hydrogen-bond acceptors (Lipinski definition) is 4. The van der Waals surface area contributed by atoms with Gasteiger partial charge in [-0.05, 0) is 25.0 Å². The molecule has 1 aromatic carbocycles. The van der Waals surface area contributed by atoms with Crippen LogP contribution >= 0.6 is 0 Å². The quantitative estimate of drug-likeness (QED) is 0.768. The van der Waals surface area contributed by atoms with Gasteiger partial charge in [0.1, 0.15) is 0 Å². The van der Waals surface area contributed by atoms with E-state index in [1.54, 1.807) is 44.6 Å². The number of aromatic nitrogens is 4. The molecule has 2 heterocycles. The summed E-state index contributed by atoms with van der Waals surface area (Å²) in [5.41, 5.74) is 0.478. The van der Waals surface area contributed by atoms with Crippen molar-refractivity contribution in [3.05, 3.63) is 62.6 Å². The van der Waals surface area contributed by atoms with Gasteiger partial charge in [-0.2, -0.15) is 0 Å². The van der Waals surface area contributed by atoms with Crippen molar-refractivity contribution in [3.63, 3.8) is 0 Å². The second-order valence-corrected chi connectivity index (χ2v) is 6.52. The van der Waals surface area contributed by atoms with Gasteiger partial charge in [0.05, 0.1) is 18.5 Å². The summed E-state index contributed by atoms with van der Waals surface area (Å²) >= 11 is 0. The van der Waals surface area contributed by atoms with E-state index in [-0.39, 0.29) is 12.1 Å². The van der Waals surface area contributed by atoms with Crippen LogP contribution in [0.3, 0.4) is 0 Å². The number of fused-ring (bicyclic) bond motifs is 1. The van der Waals surface area contributed by atoms with Crippen LogP contribution in [-0.2, 0) is 26.2 Å². The maximum absolute atomic E-state index is 12.7. The Morgan fingerprint density at radius 2 is 1.92 bits per heavy atom. The molecule has 3 aromatic rings. The summed E-state index contributed by atoms with van der Waals surface area (Å²) in [5, 5.41) is 10.1. The Morgan fingerprint density at radius 3 is 2.58 bits per heavy atom. The van der Waals surface area contributed by atoms with E-state index in [4.69, 9.17) is 0 Å². The highest BCUT2D eigenvalue weighted by Gasteiger charge is 2.18. The Bertz CT molecular complexity index is 1030. The highest BCUT2D eigenvalue weighted by atomic mass is 16.3. The predicted octanol–water partition coefficient (Wildman–Crippen LogP) is 0.709. The number of rotatable bonds is 3. The van der Waals surface area contributed by atoms with Gasteiger partial charge in [-0.1, -0.05) is 24.3 Å². The van der Waals surface area contributed by atoms with Gasteiger partial charge in [-0.25, -0.2) is 9.78 Å². The number of nitrogens with zero attached hydrogens (tertiary/aromatic N) is 4. The first-order valence-electron chi connectivity index (χ1n) is 7.63. The van der Waals surface area contributed by atoms with Crippen molar-refractivity contribution < 1.29 is 5.11 Å². The van der Waals surface area contributed by atoms with Crippen LogP contribution in [0.2, 0.25) is 0 Å². The Morgan fingerprint density at radius 1 is 1.21 bits per heavy atom. The van der Waals surface area contributed by atoms with Gasteiger partial charge in [0.15, 0.2) is 11.2 Å². The van der Waals surface area contributed by atoms with Crippen LogP contribution in [-0.4, -0.2) is 23.8 Å². The third-order valence-corrected chi connectivity index (χ3v) is 4.18. The molecule has 0 radical (unpaired) electrons. The largest absolute Gasteiger partial charge is 0.386 e. The first kappa shape index (κ1) is 16.2. The van der Waals surface area contributed by atoms with Gasteiger partial charge in [0.25, 0.3) is 5.56 Å². The van der Waals surface area contributed by atoms with Gasteiger partial charge >= 0.3 is 5.69 Å². The molecule has 0 unspecified atom stereocenters. The van der Waals surface area contributed by atoms with E-state index in [1.165, 1.54) is 15.5 Å². The zero-order valence-corrected chi connectivity index (χ0v) is 14.1. The van der Waals surface area contributed by atoms with E-state index < -0.39 is 11.3 Å². The minimum absolute atomic E-state index is 0.135. The molecule has 24 heavy (non-hydrogen) atoms. The maximum Gasteiger partial charge on any atom is 0.332 e. The lowest BCUT2D eigenvalue weighted by atomic mass is 9.96. The van der Waals surface area contributed by atoms with Crippen LogP contribution in [0.4, 0.5) is 0 Å². The summed E-state index contributed by atoms with van der Waals surface area (Å²) in [6.45, 7) is 3.52. The minimum Gasteiger partial charge on any atom is -0.386 e. The van der Waals surface area contributed by atoms with Crippen LogP contribution < -0.4 is 11.2 Å². The molecule has 0 amide bonds. The molecule has 3 rings (SSSR count). The Balaban J connectivity index is 2.17. The van der Waals surface area contributed by atoms with E-state index in [0.717, 1.165) is 11.1 Å². The summed E-state index contributed by atoms with van der Waals surface area (Å²) in [7, 11) is 3.32. The molecule has 126 valence electrons. The Hall–Kier alpha value is -2.67. The molecule has 0 saturated carbocycles. The zero-order valence-electron chi connectivity index (χ0n) is 14.1. The minimum atomic E-state index is -0.988. The van der Waals surface area contributed by atoms with Crippen LogP contribution in [0.1, 0.15) is 25.0 Å². The highest BCUT2D eigenvalue weighted by Crippen LogP contribution is 2.20. The summed E-state index contributed by atoms with van der Waals surface area (Å²) in [4.78, 5) is 29.3. The second-order valence-electron chi connectivity index (χ2n) is 6.52. The molecule has 0 bridgehead atoms. The lowest BCUT2D eigenvalue weighted by molar-refractivity contribution is 0.0785. The summed E-state index contributed by atoms with van der Waals surface area (Å²) in [6, 6.07) is 7.25. The molecule has 0 saturated heterocycles. The fraction of sp³-hybridized carbons (Fsp3) is 0.353. The summed E-state index contributed by atoms with van der Waals surface area (Å²) in [5.74, 6) is 0. The van der Waals surface area contributed by atoms with Gasteiger partial charge < -0.3 is 9.67 Å². The fourth-order valence-electron chi connectivity index (χ4n) is 2.77. The third-order valence-electron chi connectivity index (χ3n) is 4.18. The van der Waals surface area contributed by atoms with E-state index in [0.29, 0.717) is 11.2 Å². The number of benzene rings is 1. The van der Waals surface area contributed by atoms with Crippen molar-refractivity contribution in [2.24, 2.45) is 14.1 Å². The lowest BCUT2D eigenvalue weighted by Crippen LogP contribution is -2.39. The topological polar surface area (TPSA) is 82.1 Å². The zero-order chi connectivity index (χ0) is 17.6. The number of aryl methyl sites for hydroxylation is 2. The van der Waals surface area contributed by atoms with Gasteiger partial charge in [-0.3, -0.25) is 13.9 Å². The number of hydrogen-bond donors (Lipinski definition) is 1. The molecular weight excluding hydrogens is 308 g/mol. The fourth-order valence-corrected chi connectivity index (χ4v) is 2.77. The predicted molar refractivity (Wildman–Crippen MR) is 91.0 cm³/mol. The average molecular weight is 328 g/mol. The molecule has 0 atom stereocenters. The molecular formula is C17H20N4O3. The lowest BCUT2D eigenvalue weighted by Gasteiger charge is -2.18. The van der Waals surface area contributed by atoms with Crippen LogP contribution in [0.15, 0.2) is 40.2 Å². The summed E-state index contributed by atoms with van der Waals surface area (Å²) in [6.07, 6.45) is 1.52. The molecule has 0 aliphatic heterocycles. The Kier molecular flexibility index (Phi) is 3.68. The molecule has 7 nitrogen and oxygen atoms in total. The molecule has 2 aromatic heterocycles. The van der Waals surface area contributed by atoms with Gasteiger partial charge in [0.2, 0.25) is 0 Å². The van der Waals surface area contributed by atoms with Crippen LogP contribution in [0.25, 0.3) is 11.2 Å². The smallest absolute Gasteiger partial charge is 0.332 e. The Labute approximate surface area is 138 Å². The van der Waals surface area contributed by atoms with E-state index in [2.05, 4.69) is 4.98 Å². The van der Waals surface area contributed by atoms with Crippen molar-refractivity contribution in [1.29, 1.82) is 0 Å². The van der Waals surface area contributed by atoms with Crippen molar-refractivity contribution in [3.8, 4) is 0 Å². The van der Waals surface area contributed by atoms with Crippen LogP contribution in [0.5, 0.6) is 0 Å². The molecule has 0 fully saturated rings. The molecule has 0 aliphatic rings. The van der Waals surface area contributed by atoms with Crippen molar-refractivity contribution in [2.45, 2.75) is 26.0 Å². The maximum atomic E-state index is 12.7. The SMILES string of the molecule is Cn1cnc2c1c(=O)n(Cc1cccc(C(C)(C)O)c1)c(=O)n2C. The monoisotopic (exact) mass is 328 g/mol. The van der Waals surface area contributed by atoms with E-state index in [1.807, 2.05) is 12.1 Å². The average Bonchev–Trinajstić information content (AvgIpc) is 2.91. The number of aliphatic hydroxyl groups is 1. The molecule has 0 spiro atoms. The van der Waals surface area contributed by atoms with Crippen molar-refractivity contribution >= 4 is 11.2 Å². The van der Waals surface area contributed by atoms with Gasteiger partial charge in [-0.15, -0.1) is 0 Å². The second kappa shape index (κ2) is 5.45. The molecule has 0 aliphatic carbocycles.